The molecule has 9 heteroatoms. The highest BCUT2D eigenvalue weighted by atomic mass is 19.1. The van der Waals surface area contributed by atoms with Crippen LogP contribution in [0.4, 0.5) is 15.0 Å². The molecule has 1 aromatic carbocycles. The van der Waals surface area contributed by atoms with Crippen molar-refractivity contribution >= 4 is 17.8 Å². The number of hydrogen-bond acceptors (Lipinski definition) is 4. The third-order valence-corrected chi connectivity index (χ3v) is 5.22. The molecule has 0 bridgehead atoms. The van der Waals surface area contributed by atoms with Crippen molar-refractivity contribution in [1.82, 2.24) is 25.7 Å². The molecule has 2 aromatic rings. The van der Waals surface area contributed by atoms with E-state index in [9.17, 15) is 14.0 Å². The van der Waals surface area contributed by atoms with Crippen LogP contribution in [-0.2, 0) is 16.8 Å². The van der Waals surface area contributed by atoms with E-state index in [1.807, 2.05) is 34.6 Å². The summed E-state index contributed by atoms with van der Waals surface area (Å²) in [4.78, 5) is 24.8. The van der Waals surface area contributed by atoms with Crippen molar-refractivity contribution in [3.63, 3.8) is 0 Å². The van der Waals surface area contributed by atoms with E-state index >= 15 is 0 Å². The quantitative estimate of drug-likeness (QED) is 0.616. The number of carbonyl (C=O) groups excluding carboxylic acids is 2. The average Bonchev–Trinajstić information content (AvgIpc) is 3.09. The molecule has 30 heavy (non-hydrogen) atoms. The predicted octanol–water partition coefficient (Wildman–Crippen LogP) is 2.84. The fourth-order valence-electron chi connectivity index (χ4n) is 3.06. The van der Waals surface area contributed by atoms with E-state index in [1.54, 1.807) is 22.9 Å². The Morgan fingerprint density at radius 1 is 1.23 bits per heavy atom. The van der Waals surface area contributed by atoms with Crippen LogP contribution < -0.4 is 21.3 Å². The summed E-state index contributed by atoms with van der Waals surface area (Å²) in [6, 6.07) is 7.24. The first-order valence-corrected chi connectivity index (χ1v) is 10.0. The molecule has 1 aromatic heterocycles. The fourth-order valence-corrected chi connectivity index (χ4v) is 3.06. The van der Waals surface area contributed by atoms with Gasteiger partial charge in [0.2, 0.25) is 5.91 Å². The van der Waals surface area contributed by atoms with E-state index in [2.05, 4.69) is 26.4 Å². The normalized spacial score (nSPS) is 21.8. The second kappa shape index (κ2) is 8.43. The van der Waals surface area contributed by atoms with Crippen LogP contribution in [0.2, 0.25) is 0 Å². The molecule has 0 aliphatic carbocycles. The Morgan fingerprint density at radius 2 is 1.90 bits per heavy atom. The predicted molar refractivity (Wildman–Crippen MR) is 112 cm³/mol. The Bertz CT molecular complexity index is 919. The third-order valence-electron chi connectivity index (χ3n) is 5.22. The highest BCUT2D eigenvalue weighted by molar-refractivity contribution is 5.88. The number of aromatic nitrogens is 2. The first-order chi connectivity index (χ1) is 14.0. The zero-order valence-electron chi connectivity index (χ0n) is 17.9. The lowest BCUT2D eigenvalue weighted by atomic mass is 9.92. The summed E-state index contributed by atoms with van der Waals surface area (Å²) >= 11 is 0. The molecule has 1 aliphatic rings. The van der Waals surface area contributed by atoms with E-state index in [0.29, 0.717) is 5.82 Å². The van der Waals surface area contributed by atoms with Crippen molar-refractivity contribution in [2.24, 2.45) is 5.92 Å². The Morgan fingerprint density at radius 3 is 2.50 bits per heavy atom. The van der Waals surface area contributed by atoms with Gasteiger partial charge in [-0.25, -0.2) is 13.9 Å². The van der Waals surface area contributed by atoms with Gasteiger partial charge in [-0.1, -0.05) is 39.8 Å². The largest absolute Gasteiger partial charge is 0.334 e. The summed E-state index contributed by atoms with van der Waals surface area (Å²) in [5.41, 5.74) is 1.31. The molecule has 162 valence electrons. The van der Waals surface area contributed by atoms with Gasteiger partial charge in [-0.2, -0.15) is 5.10 Å². The standard InChI is InChI=1S/C21H29FN6O2/c1-12-13(2)24-19(26-18(12)29)28-17(10-16(27-28)21(3,4)5)25-20(30)23-11-14-6-8-15(22)9-7-14/h6-10,12-13,19,24H,11H2,1-5H3,(H,26,29)(H2,23,25,30). The SMILES string of the molecule is CC1NC(n2nc(C(C)(C)C)cc2NC(=O)NCc2ccc(F)cc2)NC(=O)C1C. The summed E-state index contributed by atoms with van der Waals surface area (Å²) in [7, 11) is 0. The third kappa shape index (κ3) is 4.96. The van der Waals surface area contributed by atoms with Gasteiger partial charge >= 0.3 is 6.03 Å². The van der Waals surface area contributed by atoms with Crippen LogP contribution >= 0.6 is 0 Å². The van der Waals surface area contributed by atoms with Crippen molar-refractivity contribution in [2.75, 3.05) is 5.32 Å². The van der Waals surface area contributed by atoms with Crippen molar-refractivity contribution < 1.29 is 14.0 Å². The van der Waals surface area contributed by atoms with Gasteiger partial charge in [-0.05, 0) is 24.6 Å². The molecule has 8 nitrogen and oxygen atoms in total. The lowest BCUT2D eigenvalue weighted by Crippen LogP contribution is -2.57. The smallest absolute Gasteiger partial charge is 0.320 e. The summed E-state index contributed by atoms with van der Waals surface area (Å²) in [6.45, 7) is 10.1. The molecular weight excluding hydrogens is 387 g/mol. The number of amides is 3. The maximum atomic E-state index is 13.0. The Hall–Kier alpha value is -2.94. The number of hydrogen-bond donors (Lipinski definition) is 4. The summed E-state index contributed by atoms with van der Waals surface area (Å²) in [6.07, 6.45) is -0.577. The van der Waals surface area contributed by atoms with Gasteiger partial charge in [0.25, 0.3) is 0 Å². The average molecular weight is 417 g/mol. The summed E-state index contributed by atoms with van der Waals surface area (Å²) < 4.78 is 14.6. The molecule has 1 fully saturated rings. The number of nitrogens with zero attached hydrogens (tertiary/aromatic N) is 2. The topological polar surface area (TPSA) is 100 Å². The Kier molecular flexibility index (Phi) is 6.12. The number of anilines is 1. The van der Waals surface area contributed by atoms with Crippen molar-refractivity contribution in [3.05, 3.63) is 47.4 Å². The fraction of sp³-hybridized carbons (Fsp3) is 0.476. The number of urea groups is 1. The van der Waals surface area contributed by atoms with Crippen molar-refractivity contribution in [3.8, 4) is 0 Å². The molecule has 3 amide bonds. The lowest BCUT2D eigenvalue weighted by Gasteiger charge is -2.34. The number of benzene rings is 1. The molecule has 3 rings (SSSR count). The van der Waals surface area contributed by atoms with Gasteiger partial charge < -0.3 is 10.6 Å². The molecule has 0 saturated carbocycles. The number of nitrogens with one attached hydrogen (secondary N) is 4. The van der Waals surface area contributed by atoms with Crippen LogP contribution in [0.5, 0.6) is 0 Å². The minimum Gasteiger partial charge on any atom is -0.334 e. The van der Waals surface area contributed by atoms with Crippen LogP contribution in [0.3, 0.4) is 0 Å². The van der Waals surface area contributed by atoms with E-state index in [4.69, 9.17) is 0 Å². The van der Waals surface area contributed by atoms with Gasteiger partial charge in [-0.15, -0.1) is 0 Å². The molecule has 2 heterocycles. The van der Waals surface area contributed by atoms with Gasteiger partial charge in [-0.3, -0.25) is 15.4 Å². The van der Waals surface area contributed by atoms with Gasteiger partial charge in [0.1, 0.15) is 11.6 Å². The summed E-state index contributed by atoms with van der Waals surface area (Å²) in [5.74, 6) is -0.122. The minimum absolute atomic E-state index is 0.0498. The Balaban J connectivity index is 1.77. The van der Waals surface area contributed by atoms with Gasteiger partial charge in [0, 0.05) is 24.1 Å². The van der Waals surface area contributed by atoms with Crippen LogP contribution in [-0.4, -0.2) is 27.8 Å². The van der Waals surface area contributed by atoms with Gasteiger partial charge in [0.05, 0.1) is 11.6 Å². The van der Waals surface area contributed by atoms with E-state index in [1.165, 1.54) is 12.1 Å². The maximum absolute atomic E-state index is 13.0. The van der Waals surface area contributed by atoms with Crippen LogP contribution in [0, 0.1) is 11.7 Å². The Labute approximate surface area is 175 Å². The monoisotopic (exact) mass is 416 g/mol. The molecule has 3 unspecified atom stereocenters. The zero-order valence-corrected chi connectivity index (χ0v) is 17.9. The lowest BCUT2D eigenvalue weighted by molar-refractivity contribution is -0.130. The molecule has 0 spiro atoms. The first kappa shape index (κ1) is 21.8. The second-order valence-electron chi connectivity index (χ2n) is 8.70. The molecular formula is C21H29FN6O2. The number of rotatable bonds is 4. The number of carbonyl (C=O) groups is 2. The van der Waals surface area contributed by atoms with E-state index < -0.39 is 12.3 Å². The summed E-state index contributed by atoms with van der Waals surface area (Å²) in [5, 5.41) is 16.4. The second-order valence-corrected chi connectivity index (χ2v) is 8.70. The maximum Gasteiger partial charge on any atom is 0.320 e. The minimum atomic E-state index is -0.577. The molecule has 4 N–H and O–H groups in total. The number of halogens is 1. The molecule has 3 atom stereocenters. The molecule has 1 aliphatic heterocycles. The molecule has 0 radical (unpaired) electrons. The van der Waals surface area contributed by atoms with E-state index in [-0.39, 0.29) is 35.6 Å². The first-order valence-electron chi connectivity index (χ1n) is 10.0. The van der Waals surface area contributed by atoms with Gasteiger partial charge in [0.15, 0.2) is 6.29 Å². The highest BCUT2D eigenvalue weighted by Crippen LogP contribution is 2.26. The highest BCUT2D eigenvalue weighted by Gasteiger charge is 2.33. The zero-order chi connectivity index (χ0) is 22.1. The van der Waals surface area contributed by atoms with Crippen molar-refractivity contribution in [2.45, 2.75) is 58.9 Å². The van der Waals surface area contributed by atoms with Crippen LogP contribution in [0.25, 0.3) is 0 Å². The van der Waals surface area contributed by atoms with Crippen LogP contribution in [0.1, 0.15) is 52.2 Å². The van der Waals surface area contributed by atoms with Crippen molar-refractivity contribution in [1.29, 1.82) is 0 Å². The molecule has 1 saturated heterocycles. The van der Waals surface area contributed by atoms with E-state index in [0.717, 1.165) is 11.3 Å². The van der Waals surface area contributed by atoms with Crippen LogP contribution in [0.15, 0.2) is 30.3 Å².